The monoisotopic (exact) mass is 259 g/mol. The van der Waals surface area contributed by atoms with Crippen molar-refractivity contribution >= 4 is 34.0 Å². The Hall–Kier alpha value is -2.01. The number of hydrogen-bond acceptors (Lipinski definition) is 3. The van der Waals surface area contributed by atoms with Gasteiger partial charge in [-0.2, -0.15) is 0 Å². The number of nitrogens with zero attached hydrogens (tertiary/aromatic N) is 2. The summed E-state index contributed by atoms with van der Waals surface area (Å²) in [5, 5.41) is 0.937. The van der Waals surface area contributed by atoms with Crippen LogP contribution in [0.25, 0.3) is 10.9 Å². The smallest absolute Gasteiger partial charge is 0.253 e. The molecule has 0 bridgehead atoms. The highest BCUT2D eigenvalue weighted by atomic mass is 32.1. The molecular weight excluding hydrogens is 246 g/mol. The fourth-order valence-electron chi connectivity index (χ4n) is 1.73. The Bertz CT molecular complexity index is 612. The molecule has 2 N–H and O–H groups in total. The third kappa shape index (κ3) is 2.62. The van der Waals surface area contributed by atoms with Gasteiger partial charge in [-0.3, -0.25) is 9.78 Å². The summed E-state index contributed by atoms with van der Waals surface area (Å²) in [7, 11) is 1.68. The van der Waals surface area contributed by atoms with E-state index in [-0.39, 0.29) is 12.5 Å². The molecule has 2 rings (SSSR count). The molecule has 5 heteroatoms. The number of fused-ring (bicyclic) bond motifs is 1. The van der Waals surface area contributed by atoms with Crippen molar-refractivity contribution in [3.63, 3.8) is 0 Å². The molecule has 1 aromatic carbocycles. The first kappa shape index (κ1) is 12.4. The minimum absolute atomic E-state index is 0.103. The van der Waals surface area contributed by atoms with Crippen molar-refractivity contribution in [1.82, 2.24) is 9.88 Å². The molecule has 4 nitrogen and oxygen atoms in total. The van der Waals surface area contributed by atoms with Crippen molar-refractivity contribution in [1.29, 1.82) is 0 Å². The zero-order valence-electron chi connectivity index (χ0n) is 9.96. The van der Waals surface area contributed by atoms with Gasteiger partial charge in [-0.25, -0.2) is 0 Å². The van der Waals surface area contributed by atoms with Crippen molar-refractivity contribution < 1.29 is 4.79 Å². The second kappa shape index (κ2) is 5.10. The van der Waals surface area contributed by atoms with E-state index in [0.717, 1.165) is 10.9 Å². The molecule has 0 aliphatic carbocycles. The quantitative estimate of drug-likeness (QED) is 0.850. The van der Waals surface area contributed by atoms with Crippen LogP contribution in [0, 0.1) is 0 Å². The number of aromatic nitrogens is 1. The Morgan fingerprint density at radius 1 is 1.44 bits per heavy atom. The summed E-state index contributed by atoms with van der Waals surface area (Å²) in [6.45, 7) is 0.277. The van der Waals surface area contributed by atoms with Gasteiger partial charge in [0.25, 0.3) is 5.91 Å². The molecule has 1 heterocycles. The number of hydrogen-bond donors (Lipinski definition) is 1. The van der Waals surface area contributed by atoms with Gasteiger partial charge in [-0.05, 0) is 24.3 Å². The molecule has 0 atom stereocenters. The number of nitrogens with two attached hydrogens (primary N) is 1. The first-order chi connectivity index (χ1) is 8.58. The van der Waals surface area contributed by atoms with Gasteiger partial charge in [0.1, 0.15) is 0 Å². The summed E-state index contributed by atoms with van der Waals surface area (Å²) in [6.07, 6.45) is 1.73. The van der Waals surface area contributed by atoms with Gasteiger partial charge in [0, 0.05) is 24.2 Å². The lowest BCUT2D eigenvalue weighted by Crippen LogP contribution is -2.34. The standard InChI is InChI=1S/C13H13N3OS/c1-16(8-12(14)18)13(17)10-4-5-11-9(7-10)3-2-6-15-11/h2-7H,8H2,1H3,(H2,14,18). The minimum Gasteiger partial charge on any atom is -0.392 e. The van der Waals surface area contributed by atoms with Crippen molar-refractivity contribution in [3.05, 3.63) is 42.1 Å². The number of benzene rings is 1. The number of likely N-dealkylation sites (N-methyl/N-ethyl adjacent to an activating group) is 1. The highest BCUT2D eigenvalue weighted by molar-refractivity contribution is 7.80. The molecule has 0 unspecified atom stereocenters. The van der Waals surface area contributed by atoms with E-state index in [2.05, 4.69) is 4.98 Å². The molecule has 18 heavy (non-hydrogen) atoms. The van der Waals surface area contributed by atoms with Crippen LogP contribution in [0.3, 0.4) is 0 Å². The highest BCUT2D eigenvalue weighted by Gasteiger charge is 2.12. The molecule has 0 spiro atoms. The van der Waals surface area contributed by atoms with Gasteiger partial charge < -0.3 is 10.6 Å². The van der Waals surface area contributed by atoms with E-state index in [1.54, 1.807) is 19.3 Å². The lowest BCUT2D eigenvalue weighted by atomic mass is 10.1. The van der Waals surface area contributed by atoms with Crippen LogP contribution in [0.1, 0.15) is 10.4 Å². The number of carbonyl (C=O) groups is 1. The van der Waals surface area contributed by atoms with E-state index in [1.807, 2.05) is 24.3 Å². The van der Waals surface area contributed by atoms with Crippen molar-refractivity contribution in [3.8, 4) is 0 Å². The first-order valence-corrected chi connectivity index (χ1v) is 5.87. The number of rotatable bonds is 3. The third-order valence-electron chi connectivity index (χ3n) is 2.59. The van der Waals surface area contributed by atoms with Crippen LogP contribution in [-0.4, -0.2) is 34.4 Å². The molecule has 92 valence electrons. The summed E-state index contributed by atoms with van der Waals surface area (Å²) in [6, 6.07) is 9.17. The fraction of sp³-hybridized carbons (Fsp3) is 0.154. The van der Waals surface area contributed by atoms with E-state index >= 15 is 0 Å². The summed E-state index contributed by atoms with van der Waals surface area (Å²) in [4.78, 5) is 18.1. The Kier molecular flexibility index (Phi) is 3.53. The van der Waals surface area contributed by atoms with E-state index in [9.17, 15) is 4.79 Å². The van der Waals surface area contributed by atoms with Crippen LogP contribution >= 0.6 is 12.2 Å². The Labute approximate surface area is 110 Å². The molecular formula is C13H13N3OS. The van der Waals surface area contributed by atoms with Crippen LogP contribution in [-0.2, 0) is 0 Å². The highest BCUT2D eigenvalue weighted by Crippen LogP contribution is 2.14. The predicted octanol–water partition coefficient (Wildman–Crippen LogP) is 1.59. The van der Waals surface area contributed by atoms with Crippen molar-refractivity contribution in [2.24, 2.45) is 5.73 Å². The molecule has 1 aromatic heterocycles. The topological polar surface area (TPSA) is 59.2 Å². The Balaban J connectivity index is 2.30. The lowest BCUT2D eigenvalue weighted by Gasteiger charge is -2.16. The minimum atomic E-state index is -0.103. The van der Waals surface area contributed by atoms with Gasteiger partial charge in [-0.15, -0.1) is 0 Å². The average Bonchev–Trinajstić information content (AvgIpc) is 2.36. The SMILES string of the molecule is CN(CC(N)=S)C(=O)c1ccc2ncccc2c1. The van der Waals surface area contributed by atoms with Gasteiger partial charge in [-0.1, -0.05) is 18.3 Å². The van der Waals surface area contributed by atoms with Gasteiger partial charge >= 0.3 is 0 Å². The summed E-state index contributed by atoms with van der Waals surface area (Å²) in [5.41, 5.74) is 6.90. The van der Waals surface area contributed by atoms with E-state index in [0.29, 0.717) is 10.6 Å². The number of thiocarbonyl (C=S) groups is 1. The average molecular weight is 259 g/mol. The van der Waals surface area contributed by atoms with Crippen molar-refractivity contribution in [2.75, 3.05) is 13.6 Å². The van der Waals surface area contributed by atoms with Crippen LogP contribution < -0.4 is 5.73 Å². The maximum atomic E-state index is 12.1. The van der Waals surface area contributed by atoms with Crippen LogP contribution in [0.15, 0.2) is 36.5 Å². The molecule has 0 radical (unpaired) electrons. The molecule has 0 fully saturated rings. The van der Waals surface area contributed by atoms with E-state index in [1.165, 1.54) is 4.90 Å². The Morgan fingerprint density at radius 3 is 2.94 bits per heavy atom. The second-order valence-electron chi connectivity index (χ2n) is 4.04. The predicted molar refractivity (Wildman–Crippen MR) is 75.5 cm³/mol. The Morgan fingerprint density at radius 2 is 2.22 bits per heavy atom. The zero-order valence-corrected chi connectivity index (χ0v) is 10.8. The maximum absolute atomic E-state index is 12.1. The zero-order chi connectivity index (χ0) is 13.1. The first-order valence-electron chi connectivity index (χ1n) is 5.46. The largest absolute Gasteiger partial charge is 0.392 e. The summed E-state index contributed by atoms with van der Waals surface area (Å²) in [5.74, 6) is -0.103. The number of carbonyl (C=O) groups excluding carboxylic acids is 1. The third-order valence-corrected chi connectivity index (χ3v) is 2.72. The van der Waals surface area contributed by atoms with Gasteiger partial charge in [0.2, 0.25) is 0 Å². The number of pyridine rings is 1. The van der Waals surface area contributed by atoms with Crippen LogP contribution in [0.4, 0.5) is 0 Å². The summed E-state index contributed by atoms with van der Waals surface area (Å²) < 4.78 is 0. The molecule has 0 saturated heterocycles. The number of amides is 1. The second-order valence-corrected chi connectivity index (χ2v) is 4.56. The molecule has 1 amide bonds. The van der Waals surface area contributed by atoms with E-state index in [4.69, 9.17) is 18.0 Å². The lowest BCUT2D eigenvalue weighted by molar-refractivity contribution is 0.0815. The maximum Gasteiger partial charge on any atom is 0.253 e. The summed E-state index contributed by atoms with van der Waals surface area (Å²) >= 11 is 4.79. The van der Waals surface area contributed by atoms with Crippen molar-refractivity contribution in [2.45, 2.75) is 0 Å². The van der Waals surface area contributed by atoms with Crippen LogP contribution in [0.2, 0.25) is 0 Å². The molecule has 0 saturated carbocycles. The van der Waals surface area contributed by atoms with Gasteiger partial charge in [0.05, 0.1) is 17.0 Å². The molecule has 2 aromatic rings. The van der Waals surface area contributed by atoms with Gasteiger partial charge in [0.15, 0.2) is 0 Å². The van der Waals surface area contributed by atoms with E-state index < -0.39 is 0 Å². The molecule has 0 aliphatic heterocycles. The van der Waals surface area contributed by atoms with Crippen LogP contribution in [0.5, 0.6) is 0 Å². The normalized spacial score (nSPS) is 10.3. The molecule has 0 aliphatic rings. The fourth-order valence-corrected chi connectivity index (χ4v) is 1.93.